The van der Waals surface area contributed by atoms with Crippen LogP contribution in [0.5, 0.6) is 5.75 Å². The molecular weight excluding hydrogens is 499 g/mol. The fourth-order valence-electron chi connectivity index (χ4n) is 3.29. The minimum Gasteiger partial charge on any atom is -0.467 e. The maximum absolute atomic E-state index is 13.1. The maximum atomic E-state index is 13.1. The van der Waals surface area contributed by atoms with Crippen LogP contribution in [0.4, 0.5) is 18.9 Å². The molecule has 0 spiro atoms. The molecule has 0 aliphatic carbocycles. The lowest BCUT2D eigenvalue weighted by Crippen LogP contribution is -2.64. The molecule has 1 aromatic rings. The number of amides is 1. The third kappa shape index (κ3) is 7.07. The molecular formula is C21H22F3NO11. The van der Waals surface area contributed by atoms with Crippen LogP contribution in [0.15, 0.2) is 18.2 Å². The maximum Gasteiger partial charge on any atom is 0.416 e. The van der Waals surface area contributed by atoms with Crippen LogP contribution in [-0.2, 0) is 53.8 Å². The van der Waals surface area contributed by atoms with Crippen LogP contribution in [0.1, 0.15) is 26.3 Å². The summed E-state index contributed by atoms with van der Waals surface area (Å²) >= 11 is 0. The molecule has 1 heterocycles. The van der Waals surface area contributed by atoms with E-state index in [2.05, 4.69) is 4.74 Å². The number of halogens is 3. The fraction of sp³-hybridized carbons (Fsp3) is 0.476. The Bertz CT molecular complexity index is 1010. The summed E-state index contributed by atoms with van der Waals surface area (Å²) in [4.78, 5) is 58.7. The SMILES string of the molecule is COC(=O)[C@H]1O[C@@H](Oc2ccc(C(F)(F)F)cc2NC=O)[C@H](OC(C)=O)[C@@H](OC(C)=O)[C@@H]1OC(C)=O. The summed E-state index contributed by atoms with van der Waals surface area (Å²) in [6, 6.07) is 2.05. The summed E-state index contributed by atoms with van der Waals surface area (Å²) in [5.41, 5.74) is -1.58. The highest BCUT2D eigenvalue weighted by Crippen LogP contribution is 2.37. The van der Waals surface area contributed by atoms with Crippen LogP contribution >= 0.6 is 0 Å². The Morgan fingerprint density at radius 1 is 0.944 bits per heavy atom. The Kier molecular flexibility index (Phi) is 9.22. The van der Waals surface area contributed by atoms with Gasteiger partial charge in [-0.25, -0.2) is 4.79 Å². The van der Waals surface area contributed by atoms with Crippen molar-refractivity contribution < 1.29 is 65.6 Å². The number of anilines is 1. The summed E-state index contributed by atoms with van der Waals surface area (Å²) in [6.45, 7) is 2.95. The second kappa shape index (κ2) is 11.7. The molecule has 1 amide bonds. The molecule has 1 aliphatic rings. The Morgan fingerprint density at radius 3 is 2.00 bits per heavy atom. The Morgan fingerprint density at radius 2 is 1.50 bits per heavy atom. The van der Waals surface area contributed by atoms with Gasteiger partial charge >= 0.3 is 30.1 Å². The highest BCUT2D eigenvalue weighted by Gasteiger charge is 2.56. The van der Waals surface area contributed by atoms with Gasteiger partial charge in [-0.05, 0) is 18.2 Å². The van der Waals surface area contributed by atoms with Gasteiger partial charge in [-0.1, -0.05) is 0 Å². The van der Waals surface area contributed by atoms with E-state index in [1.807, 2.05) is 5.32 Å². The molecule has 1 saturated heterocycles. The van der Waals surface area contributed by atoms with E-state index in [0.717, 1.165) is 33.9 Å². The largest absolute Gasteiger partial charge is 0.467 e. The van der Waals surface area contributed by atoms with Gasteiger partial charge in [0.15, 0.2) is 18.3 Å². The molecule has 1 aliphatic heterocycles. The number of esters is 4. The van der Waals surface area contributed by atoms with Gasteiger partial charge in [0, 0.05) is 20.8 Å². The van der Waals surface area contributed by atoms with Crippen molar-refractivity contribution in [2.75, 3.05) is 12.4 Å². The van der Waals surface area contributed by atoms with E-state index in [1.54, 1.807) is 0 Å². The summed E-state index contributed by atoms with van der Waals surface area (Å²) in [5, 5.41) is 2.04. The molecule has 15 heteroatoms. The van der Waals surface area contributed by atoms with Crippen molar-refractivity contribution >= 4 is 36.0 Å². The molecule has 12 nitrogen and oxygen atoms in total. The minimum absolute atomic E-state index is 0.0866. The van der Waals surface area contributed by atoms with Crippen LogP contribution < -0.4 is 10.1 Å². The molecule has 0 unspecified atom stereocenters. The van der Waals surface area contributed by atoms with Crippen LogP contribution in [0.3, 0.4) is 0 Å². The Hall–Kier alpha value is -3.88. The minimum atomic E-state index is -4.76. The molecule has 1 fully saturated rings. The van der Waals surface area contributed by atoms with Crippen molar-refractivity contribution in [2.45, 2.75) is 57.7 Å². The molecule has 0 radical (unpaired) electrons. The average molecular weight is 521 g/mol. The zero-order valence-electron chi connectivity index (χ0n) is 19.3. The number of nitrogens with one attached hydrogen (secondary N) is 1. The van der Waals surface area contributed by atoms with Crippen molar-refractivity contribution in [3.8, 4) is 5.75 Å². The fourth-order valence-corrected chi connectivity index (χ4v) is 3.29. The van der Waals surface area contributed by atoms with E-state index in [9.17, 15) is 37.1 Å². The quantitative estimate of drug-likeness (QED) is 0.300. The number of rotatable bonds is 8. The second-order valence-electron chi connectivity index (χ2n) is 7.26. The topological polar surface area (TPSA) is 153 Å². The number of carbonyl (C=O) groups is 5. The third-order valence-electron chi connectivity index (χ3n) is 4.60. The van der Waals surface area contributed by atoms with Gasteiger partial charge in [0.2, 0.25) is 18.8 Å². The monoisotopic (exact) mass is 521 g/mol. The van der Waals surface area contributed by atoms with Gasteiger partial charge < -0.3 is 33.7 Å². The van der Waals surface area contributed by atoms with Gasteiger partial charge in [-0.3, -0.25) is 19.2 Å². The zero-order valence-corrected chi connectivity index (χ0v) is 19.3. The summed E-state index contributed by atoms with van der Waals surface area (Å²) in [7, 11) is 0.980. The smallest absolute Gasteiger partial charge is 0.416 e. The van der Waals surface area contributed by atoms with E-state index in [1.165, 1.54) is 0 Å². The first-order valence-corrected chi connectivity index (χ1v) is 10.1. The van der Waals surface area contributed by atoms with E-state index >= 15 is 0 Å². The van der Waals surface area contributed by atoms with Crippen LogP contribution in [0, 0.1) is 0 Å². The second-order valence-corrected chi connectivity index (χ2v) is 7.26. The zero-order chi connectivity index (χ0) is 27.2. The number of benzene rings is 1. The lowest BCUT2D eigenvalue weighted by atomic mass is 9.97. The predicted octanol–water partition coefficient (Wildman–Crippen LogP) is 1.35. The number of carbonyl (C=O) groups excluding carboxylic acids is 5. The molecule has 36 heavy (non-hydrogen) atoms. The van der Waals surface area contributed by atoms with Gasteiger partial charge in [-0.2, -0.15) is 13.2 Å². The predicted molar refractivity (Wildman–Crippen MR) is 109 cm³/mol. The Labute approximate surface area is 201 Å². The van der Waals surface area contributed by atoms with Crippen molar-refractivity contribution in [1.29, 1.82) is 0 Å². The Balaban J connectivity index is 2.59. The van der Waals surface area contributed by atoms with Crippen LogP contribution in [-0.4, -0.2) is 68.1 Å². The van der Waals surface area contributed by atoms with Crippen molar-refractivity contribution in [1.82, 2.24) is 0 Å². The normalized spacial score (nSPS) is 23.6. The summed E-state index contributed by atoms with van der Waals surface area (Å²) in [5.74, 6) is -4.29. The van der Waals surface area contributed by atoms with Gasteiger partial charge in [0.05, 0.1) is 18.4 Å². The average Bonchev–Trinajstić information content (AvgIpc) is 2.76. The van der Waals surface area contributed by atoms with Crippen molar-refractivity contribution in [3.63, 3.8) is 0 Å². The highest BCUT2D eigenvalue weighted by molar-refractivity contribution is 5.78. The molecule has 1 aromatic carbocycles. The number of hydrogen-bond acceptors (Lipinski definition) is 11. The first-order chi connectivity index (χ1) is 16.8. The number of alkyl halides is 3. The van der Waals surface area contributed by atoms with E-state index in [0.29, 0.717) is 12.1 Å². The molecule has 5 atom stereocenters. The number of ether oxygens (including phenoxy) is 6. The van der Waals surface area contributed by atoms with E-state index in [-0.39, 0.29) is 6.41 Å². The third-order valence-corrected chi connectivity index (χ3v) is 4.60. The van der Waals surface area contributed by atoms with Crippen molar-refractivity contribution in [3.05, 3.63) is 23.8 Å². The number of methoxy groups -OCH3 is 1. The standard InChI is InChI=1S/C21H22F3NO11/c1-9(27)32-15-16(33-10(2)28)18(34-11(3)29)20(36-17(15)19(30)31-4)35-14-6-5-12(21(22,23)24)7-13(14)25-8-26/h5-8,15-18,20H,1-4H3,(H,25,26)/t15-,16-,17-,18+,20+/m0/s1. The first-order valence-electron chi connectivity index (χ1n) is 10.1. The molecule has 2 rings (SSSR count). The first kappa shape index (κ1) is 28.4. The molecule has 0 saturated carbocycles. The van der Waals surface area contributed by atoms with E-state index in [4.69, 9.17) is 23.7 Å². The molecule has 1 N–H and O–H groups in total. The van der Waals surface area contributed by atoms with Crippen LogP contribution in [0.2, 0.25) is 0 Å². The van der Waals surface area contributed by atoms with E-state index < -0.39 is 77.8 Å². The van der Waals surface area contributed by atoms with Crippen molar-refractivity contribution in [2.24, 2.45) is 0 Å². The van der Waals surface area contributed by atoms with Gasteiger partial charge in [-0.15, -0.1) is 0 Å². The summed E-state index contributed by atoms with van der Waals surface area (Å²) in [6.07, 6.45) is -13.3. The summed E-state index contributed by atoms with van der Waals surface area (Å²) < 4.78 is 70.6. The van der Waals surface area contributed by atoms with Crippen LogP contribution in [0.25, 0.3) is 0 Å². The highest BCUT2D eigenvalue weighted by atomic mass is 19.4. The van der Waals surface area contributed by atoms with Gasteiger partial charge in [0.25, 0.3) is 0 Å². The lowest BCUT2D eigenvalue weighted by Gasteiger charge is -2.43. The van der Waals surface area contributed by atoms with Gasteiger partial charge in [0.1, 0.15) is 5.75 Å². The lowest BCUT2D eigenvalue weighted by molar-refractivity contribution is -0.282. The number of hydrogen-bond donors (Lipinski definition) is 1. The molecule has 0 bridgehead atoms. The molecule has 0 aromatic heterocycles. The molecule has 198 valence electrons.